The SMILES string of the molecule is CC(C)N(Cc1nc2ccc(Nc3ncc(Cl)c(Nc4ccccc4NS(C)(=O)=O)n3)cc2[nH]1)C(C)C. The first-order valence-electron chi connectivity index (χ1n) is 11.9. The fourth-order valence-corrected chi connectivity index (χ4v) is 4.72. The molecule has 4 aromatic rings. The van der Waals surface area contributed by atoms with Crippen LogP contribution in [0.5, 0.6) is 0 Å². The van der Waals surface area contributed by atoms with Crippen LogP contribution in [0.15, 0.2) is 48.7 Å². The Morgan fingerprint density at radius 3 is 2.38 bits per heavy atom. The summed E-state index contributed by atoms with van der Waals surface area (Å²) in [5.41, 5.74) is 3.44. The lowest BCUT2D eigenvalue weighted by Gasteiger charge is -2.29. The Kier molecular flexibility index (Phi) is 7.86. The van der Waals surface area contributed by atoms with Crippen LogP contribution in [0.2, 0.25) is 5.02 Å². The minimum atomic E-state index is -3.46. The molecule has 2 heterocycles. The van der Waals surface area contributed by atoms with Crippen molar-refractivity contribution in [1.29, 1.82) is 0 Å². The van der Waals surface area contributed by atoms with E-state index in [1.54, 1.807) is 24.3 Å². The van der Waals surface area contributed by atoms with Crippen LogP contribution in [0.3, 0.4) is 0 Å². The number of nitrogens with one attached hydrogen (secondary N) is 4. The molecule has 4 rings (SSSR count). The number of sulfonamides is 1. The molecule has 0 atom stereocenters. The standard InChI is InChI=1S/C25H31ClN8O2S/c1-15(2)34(16(3)4)14-23-29-20-11-10-17(12-22(20)30-23)28-25-27-13-18(26)24(32-25)31-19-8-6-7-9-21(19)33-37(5,35)36/h6-13,15-16,33H,14H2,1-5H3,(H,29,30)(H2,27,28,31,32). The van der Waals surface area contributed by atoms with Crippen LogP contribution in [0, 0.1) is 0 Å². The van der Waals surface area contributed by atoms with Gasteiger partial charge in [-0.25, -0.2) is 18.4 Å². The van der Waals surface area contributed by atoms with E-state index >= 15 is 0 Å². The van der Waals surface area contributed by atoms with Crippen LogP contribution < -0.4 is 15.4 Å². The summed E-state index contributed by atoms with van der Waals surface area (Å²) in [4.78, 5) is 19.3. The van der Waals surface area contributed by atoms with E-state index < -0.39 is 10.0 Å². The summed E-state index contributed by atoms with van der Waals surface area (Å²) in [6.07, 6.45) is 2.57. The number of hydrogen-bond acceptors (Lipinski definition) is 8. The highest BCUT2D eigenvalue weighted by Gasteiger charge is 2.16. The number of anilines is 5. The zero-order valence-corrected chi connectivity index (χ0v) is 22.9. The molecule has 196 valence electrons. The number of aromatic nitrogens is 4. The van der Waals surface area contributed by atoms with E-state index in [1.165, 1.54) is 6.20 Å². The van der Waals surface area contributed by atoms with E-state index in [0.29, 0.717) is 35.2 Å². The van der Waals surface area contributed by atoms with Crippen LogP contribution in [0.1, 0.15) is 33.5 Å². The fraction of sp³-hybridized carbons (Fsp3) is 0.320. The van der Waals surface area contributed by atoms with E-state index in [-0.39, 0.29) is 5.02 Å². The number of para-hydroxylation sites is 2. The number of halogens is 1. The van der Waals surface area contributed by atoms with Crippen molar-refractivity contribution in [2.75, 3.05) is 21.6 Å². The summed E-state index contributed by atoms with van der Waals surface area (Å²) in [6.45, 7) is 9.46. The molecule has 0 amide bonds. The van der Waals surface area contributed by atoms with E-state index in [2.05, 4.69) is 62.9 Å². The molecule has 0 saturated carbocycles. The van der Waals surface area contributed by atoms with E-state index in [1.807, 2.05) is 18.2 Å². The van der Waals surface area contributed by atoms with Crippen molar-refractivity contribution in [3.05, 3.63) is 59.5 Å². The molecule has 0 radical (unpaired) electrons. The second-order valence-electron chi connectivity index (χ2n) is 9.34. The van der Waals surface area contributed by atoms with Crippen LogP contribution in [0.4, 0.5) is 28.8 Å². The molecule has 0 bridgehead atoms. The zero-order chi connectivity index (χ0) is 26.7. The van der Waals surface area contributed by atoms with Crippen molar-refractivity contribution in [2.45, 2.75) is 46.3 Å². The smallest absolute Gasteiger partial charge is 0.229 e. The molecule has 0 spiro atoms. The molecular weight excluding hydrogens is 512 g/mol. The fourth-order valence-electron chi connectivity index (χ4n) is 4.00. The van der Waals surface area contributed by atoms with E-state index in [9.17, 15) is 8.42 Å². The Hall–Kier alpha value is -3.41. The van der Waals surface area contributed by atoms with Gasteiger partial charge in [-0.2, -0.15) is 4.98 Å². The lowest BCUT2D eigenvalue weighted by molar-refractivity contribution is 0.162. The first-order valence-corrected chi connectivity index (χ1v) is 14.1. The average molecular weight is 543 g/mol. The number of imidazole rings is 1. The Bertz CT molecular complexity index is 1500. The molecule has 0 aliphatic rings. The third kappa shape index (κ3) is 6.88. The Morgan fingerprint density at radius 2 is 1.70 bits per heavy atom. The number of benzene rings is 2. The number of aromatic amines is 1. The van der Waals surface area contributed by atoms with Gasteiger partial charge in [0.15, 0.2) is 5.82 Å². The Balaban J connectivity index is 1.54. The van der Waals surface area contributed by atoms with Gasteiger partial charge in [-0.1, -0.05) is 23.7 Å². The van der Waals surface area contributed by atoms with Gasteiger partial charge in [0.25, 0.3) is 0 Å². The second kappa shape index (κ2) is 10.9. The van der Waals surface area contributed by atoms with Gasteiger partial charge in [-0.05, 0) is 58.0 Å². The van der Waals surface area contributed by atoms with Crippen LogP contribution in [-0.2, 0) is 16.6 Å². The van der Waals surface area contributed by atoms with Gasteiger partial charge in [-0.3, -0.25) is 9.62 Å². The second-order valence-corrected chi connectivity index (χ2v) is 11.5. The minimum absolute atomic E-state index is 0.285. The van der Waals surface area contributed by atoms with Gasteiger partial charge in [0.1, 0.15) is 10.8 Å². The third-order valence-corrected chi connectivity index (χ3v) is 6.53. The first kappa shape index (κ1) is 26.6. The number of hydrogen-bond donors (Lipinski definition) is 4. The van der Waals surface area contributed by atoms with Gasteiger partial charge >= 0.3 is 0 Å². The van der Waals surface area contributed by atoms with Crippen LogP contribution in [-0.4, -0.2) is 51.6 Å². The Labute approximate surface area is 221 Å². The zero-order valence-electron chi connectivity index (χ0n) is 21.4. The van der Waals surface area contributed by atoms with Crippen molar-refractivity contribution in [1.82, 2.24) is 24.8 Å². The molecule has 0 fully saturated rings. The molecule has 0 saturated heterocycles. The van der Waals surface area contributed by atoms with Crippen molar-refractivity contribution < 1.29 is 8.42 Å². The lowest BCUT2D eigenvalue weighted by Crippen LogP contribution is -2.36. The monoisotopic (exact) mass is 542 g/mol. The number of H-pyrrole nitrogens is 1. The maximum absolute atomic E-state index is 11.7. The van der Waals surface area contributed by atoms with Gasteiger partial charge < -0.3 is 15.6 Å². The molecule has 37 heavy (non-hydrogen) atoms. The highest BCUT2D eigenvalue weighted by molar-refractivity contribution is 7.92. The summed E-state index contributed by atoms with van der Waals surface area (Å²) in [5.74, 6) is 1.56. The van der Waals surface area contributed by atoms with Crippen LogP contribution in [0.25, 0.3) is 11.0 Å². The molecule has 10 nitrogen and oxygen atoms in total. The van der Waals surface area contributed by atoms with E-state index in [0.717, 1.165) is 35.3 Å². The quantitative estimate of drug-likeness (QED) is 0.207. The minimum Gasteiger partial charge on any atom is -0.341 e. The molecule has 0 unspecified atom stereocenters. The van der Waals surface area contributed by atoms with Crippen molar-refractivity contribution in [3.8, 4) is 0 Å². The molecule has 4 N–H and O–H groups in total. The predicted octanol–water partition coefficient (Wildman–Crippen LogP) is 5.48. The maximum atomic E-state index is 11.7. The predicted molar refractivity (Wildman–Crippen MR) is 150 cm³/mol. The van der Waals surface area contributed by atoms with Crippen LogP contribution >= 0.6 is 11.6 Å². The summed E-state index contributed by atoms with van der Waals surface area (Å²) in [7, 11) is -3.46. The summed E-state index contributed by atoms with van der Waals surface area (Å²) in [6, 6.07) is 13.5. The number of nitrogens with zero attached hydrogens (tertiary/aromatic N) is 4. The molecular formula is C25H31ClN8O2S. The molecule has 0 aliphatic heterocycles. The topological polar surface area (TPSA) is 128 Å². The van der Waals surface area contributed by atoms with Gasteiger partial charge in [0, 0.05) is 17.8 Å². The summed E-state index contributed by atoms with van der Waals surface area (Å²) < 4.78 is 25.9. The van der Waals surface area contributed by atoms with Gasteiger partial charge in [0.05, 0.1) is 41.4 Å². The largest absolute Gasteiger partial charge is 0.341 e. The molecule has 12 heteroatoms. The first-order chi connectivity index (χ1) is 17.5. The van der Waals surface area contributed by atoms with Crippen molar-refractivity contribution in [3.63, 3.8) is 0 Å². The third-order valence-electron chi connectivity index (χ3n) is 5.67. The van der Waals surface area contributed by atoms with Gasteiger partial charge in [0.2, 0.25) is 16.0 Å². The average Bonchev–Trinajstić information content (AvgIpc) is 3.21. The Morgan fingerprint density at radius 1 is 1.00 bits per heavy atom. The number of rotatable bonds is 10. The molecule has 0 aliphatic carbocycles. The number of fused-ring (bicyclic) bond motifs is 1. The van der Waals surface area contributed by atoms with E-state index in [4.69, 9.17) is 16.6 Å². The van der Waals surface area contributed by atoms with Gasteiger partial charge in [-0.15, -0.1) is 0 Å². The summed E-state index contributed by atoms with van der Waals surface area (Å²) >= 11 is 6.33. The highest BCUT2D eigenvalue weighted by atomic mass is 35.5. The molecule has 2 aromatic carbocycles. The molecule has 2 aromatic heterocycles. The van der Waals surface area contributed by atoms with Crippen molar-refractivity contribution >= 4 is 61.5 Å². The maximum Gasteiger partial charge on any atom is 0.229 e. The van der Waals surface area contributed by atoms with Crippen molar-refractivity contribution in [2.24, 2.45) is 0 Å². The summed E-state index contributed by atoms with van der Waals surface area (Å²) in [5, 5.41) is 6.57. The lowest BCUT2D eigenvalue weighted by atomic mass is 10.2. The highest BCUT2D eigenvalue weighted by Crippen LogP contribution is 2.30. The normalized spacial score (nSPS) is 12.0.